The van der Waals surface area contributed by atoms with Gasteiger partial charge in [0.05, 0.1) is 11.9 Å². The van der Waals surface area contributed by atoms with Gasteiger partial charge in [-0.15, -0.1) is 0 Å². The third-order valence-corrected chi connectivity index (χ3v) is 2.88. The molecule has 0 fully saturated rings. The Morgan fingerprint density at radius 2 is 1.84 bits per heavy atom. The molecule has 2 aromatic carbocycles. The second-order valence-corrected chi connectivity index (χ2v) is 4.80. The van der Waals surface area contributed by atoms with Crippen LogP contribution in [0.25, 0.3) is 0 Å². The van der Waals surface area contributed by atoms with Gasteiger partial charge in [-0.3, -0.25) is 5.43 Å². The summed E-state index contributed by atoms with van der Waals surface area (Å²) in [5, 5.41) is 4.87. The molecule has 0 spiro atoms. The van der Waals surface area contributed by atoms with Crippen molar-refractivity contribution in [2.75, 3.05) is 24.4 Å². The first-order valence-electron chi connectivity index (χ1n) is 5.97. The molecule has 0 aliphatic rings. The van der Waals surface area contributed by atoms with Gasteiger partial charge in [0.25, 0.3) is 0 Å². The van der Waals surface area contributed by atoms with Crippen molar-refractivity contribution in [3.8, 4) is 0 Å². The fraction of sp³-hybridized carbons (Fsp3) is 0.133. The largest absolute Gasteiger partial charge is 0.378 e. The van der Waals surface area contributed by atoms with Crippen LogP contribution in [0.3, 0.4) is 0 Å². The van der Waals surface area contributed by atoms with E-state index in [-0.39, 0.29) is 0 Å². The predicted molar refractivity (Wildman–Crippen MR) is 83.4 cm³/mol. The van der Waals surface area contributed by atoms with Crippen molar-refractivity contribution in [2.45, 2.75) is 0 Å². The average molecular weight is 274 g/mol. The summed E-state index contributed by atoms with van der Waals surface area (Å²) >= 11 is 5.89. The molecule has 0 aliphatic carbocycles. The molecule has 0 heterocycles. The summed E-state index contributed by atoms with van der Waals surface area (Å²) in [7, 11) is 4.04. The van der Waals surface area contributed by atoms with Crippen LogP contribution in [-0.4, -0.2) is 20.3 Å². The molecule has 0 bridgehead atoms. The van der Waals surface area contributed by atoms with Crippen LogP contribution in [0.5, 0.6) is 0 Å². The number of anilines is 2. The molecule has 3 nitrogen and oxygen atoms in total. The molecule has 0 aliphatic heterocycles. The van der Waals surface area contributed by atoms with E-state index in [0.717, 1.165) is 11.3 Å². The first-order chi connectivity index (χ1) is 9.15. The number of hydrogen-bond donors (Lipinski definition) is 1. The van der Waals surface area contributed by atoms with Gasteiger partial charge in [0, 0.05) is 24.8 Å². The third-order valence-electron chi connectivity index (χ3n) is 2.64. The van der Waals surface area contributed by atoms with Gasteiger partial charge in [-0.1, -0.05) is 29.8 Å². The molecule has 0 radical (unpaired) electrons. The molecule has 1 N–H and O–H groups in total. The molecule has 0 saturated heterocycles. The molecule has 0 aromatic heterocycles. The van der Waals surface area contributed by atoms with Crippen molar-refractivity contribution in [1.82, 2.24) is 0 Å². The molecule has 2 aromatic rings. The van der Waals surface area contributed by atoms with Gasteiger partial charge < -0.3 is 4.90 Å². The Morgan fingerprint density at radius 1 is 1.11 bits per heavy atom. The van der Waals surface area contributed by atoms with Crippen LogP contribution in [0.4, 0.5) is 11.4 Å². The summed E-state index contributed by atoms with van der Waals surface area (Å²) in [6, 6.07) is 15.6. The van der Waals surface area contributed by atoms with E-state index in [1.165, 1.54) is 5.69 Å². The monoisotopic (exact) mass is 273 g/mol. The van der Waals surface area contributed by atoms with Gasteiger partial charge in [0.1, 0.15) is 0 Å². The third kappa shape index (κ3) is 4.00. The molecule has 0 atom stereocenters. The van der Waals surface area contributed by atoms with E-state index in [1.807, 2.05) is 50.5 Å². The summed E-state index contributed by atoms with van der Waals surface area (Å²) in [5.41, 5.74) is 6.02. The number of halogens is 1. The van der Waals surface area contributed by atoms with E-state index in [1.54, 1.807) is 6.21 Å². The van der Waals surface area contributed by atoms with E-state index in [4.69, 9.17) is 11.6 Å². The lowest BCUT2D eigenvalue weighted by Crippen LogP contribution is -2.08. The average Bonchev–Trinajstić information content (AvgIpc) is 2.39. The van der Waals surface area contributed by atoms with Gasteiger partial charge in [0.2, 0.25) is 0 Å². The molecular formula is C15H16ClN3. The summed E-state index contributed by atoms with van der Waals surface area (Å²) in [5.74, 6) is 0. The minimum atomic E-state index is 0.690. The highest BCUT2D eigenvalue weighted by atomic mass is 35.5. The fourth-order valence-electron chi connectivity index (χ4n) is 1.60. The highest BCUT2D eigenvalue weighted by Crippen LogP contribution is 2.15. The molecular weight excluding hydrogens is 258 g/mol. The number of hydrazone groups is 1. The Balaban J connectivity index is 1.99. The minimum absolute atomic E-state index is 0.690. The summed E-state index contributed by atoms with van der Waals surface area (Å²) in [4.78, 5) is 2.06. The number of nitrogens with zero attached hydrogens (tertiary/aromatic N) is 2. The summed E-state index contributed by atoms with van der Waals surface area (Å²) in [6.07, 6.45) is 1.78. The van der Waals surface area contributed by atoms with Gasteiger partial charge >= 0.3 is 0 Å². The molecule has 19 heavy (non-hydrogen) atoms. The maximum Gasteiger partial charge on any atom is 0.0576 e. The summed E-state index contributed by atoms with van der Waals surface area (Å²) < 4.78 is 0. The van der Waals surface area contributed by atoms with E-state index >= 15 is 0 Å². The lowest BCUT2D eigenvalue weighted by molar-refractivity contribution is 1.13. The van der Waals surface area contributed by atoms with Crippen LogP contribution in [0, 0.1) is 0 Å². The molecule has 0 saturated carbocycles. The lowest BCUT2D eigenvalue weighted by Gasteiger charge is -2.11. The maximum absolute atomic E-state index is 5.89. The van der Waals surface area contributed by atoms with Crippen LogP contribution in [0.15, 0.2) is 53.6 Å². The minimum Gasteiger partial charge on any atom is -0.378 e. The van der Waals surface area contributed by atoms with Gasteiger partial charge in [-0.05, 0) is 35.9 Å². The summed E-state index contributed by atoms with van der Waals surface area (Å²) in [6.45, 7) is 0. The first-order valence-corrected chi connectivity index (χ1v) is 6.35. The van der Waals surface area contributed by atoms with Gasteiger partial charge in [-0.2, -0.15) is 5.10 Å². The predicted octanol–water partition coefficient (Wildman–Crippen LogP) is 3.85. The lowest BCUT2D eigenvalue weighted by atomic mass is 10.2. The Labute approximate surface area is 118 Å². The molecule has 0 unspecified atom stereocenters. The fourth-order valence-corrected chi connectivity index (χ4v) is 1.79. The number of nitrogens with one attached hydrogen (secondary N) is 1. The van der Waals surface area contributed by atoms with E-state index in [2.05, 4.69) is 27.6 Å². The zero-order valence-electron chi connectivity index (χ0n) is 11.0. The van der Waals surface area contributed by atoms with Crippen molar-refractivity contribution in [1.29, 1.82) is 0 Å². The molecule has 4 heteroatoms. The Kier molecular flexibility index (Phi) is 4.42. The Hall–Kier alpha value is -2.00. The highest BCUT2D eigenvalue weighted by Gasteiger charge is 1.94. The van der Waals surface area contributed by atoms with E-state index in [9.17, 15) is 0 Å². The highest BCUT2D eigenvalue weighted by molar-refractivity contribution is 6.30. The van der Waals surface area contributed by atoms with Crippen molar-refractivity contribution in [3.05, 3.63) is 59.1 Å². The second kappa shape index (κ2) is 6.25. The van der Waals surface area contributed by atoms with Crippen LogP contribution < -0.4 is 10.3 Å². The number of rotatable bonds is 4. The van der Waals surface area contributed by atoms with Gasteiger partial charge in [0.15, 0.2) is 0 Å². The first kappa shape index (κ1) is 13.4. The second-order valence-electron chi connectivity index (χ2n) is 4.37. The molecule has 0 amide bonds. The quantitative estimate of drug-likeness (QED) is 0.677. The topological polar surface area (TPSA) is 27.6 Å². The molecule has 2 rings (SSSR count). The van der Waals surface area contributed by atoms with Crippen molar-refractivity contribution < 1.29 is 0 Å². The Bertz CT molecular complexity index is 562. The number of hydrogen-bond acceptors (Lipinski definition) is 3. The maximum atomic E-state index is 5.89. The van der Waals surface area contributed by atoms with Gasteiger partial charge in [-0.25, -0.2) is 0 Å². The van der Waals surface area contributed by atoms with Crippen LogP contribution in [-0.2, 0) is 0 Å². The normalized spacial score (nSPS) is 10.7. The standard InChI is InChI=1S/C15H16ClN3/c1-19(2)15-8-6-12(7-9-15)11-17-18-14-5-3-4-13(16)10-14/h3-11,18H,1-2H3. The zero-order valence-corrected chi connectivity index (χ0v) is 11.7. The smallest absolute Gasteiger partial charge is 0.0576 e. The van der Waals surface area contributed by atoms with E-state index in [0.29, 0.717) is 5.02 Å². The Morgan fingerprint density at radius 3 is 2.47 bits per heavy atom. The van der Waals surface area contributed by atoms with Crippen molar-refractivity contribution in [2.24, 2.45) is 5.10 Å². The van der Waals surface area contributed by atoms with Crippen LogP contribution in [0.1, 0.15) is 5.56 Å². The number of benzene rings is 2. The van der Waals surface area contributed by atoms with E-state index < -0.39 is 0 Å². The SMILES string of the molecule is CN(C)c1ccc(C=NNc2cccc(Cl)c2)cc1. The van der Waals surface area contributed by atoms with Crippen molar-refractivity contribution >= 4 is 29.2 Å². The van der Waals surface area contributed by atoms with Crippen LogP contribution in [0.2, 0.25) is 5.02 Å². The van der Waals surface area contributed by atoms with Crippen molar-refractivity contribution in [3.63, 3.8) is 0 Å². The zero-order chi connectivity index (χ0) is 13.7. The van der Waals surface area contributed by atoms with Crippen LogP contribution >= 0.6 is 11.6 Å². The molecule has 98 valence electrons.